The Morgan fingerprint density at radius 3 is 2.69 bits per heavy atom. The van der Waals surface area contributed by atoms with Gasteiger partial charge in [0.05, 0.1) is 12.7 Å². The number of hydrogen-bond donors (Lipinski definition) is 1. The van der Waals surface area contributed by atoms with Gasteiger partial charge in [-0.2, -0.15) is 0 Å². The van der Waals surface area contributed by atoms with Gasteiger partial charge in [-0.1, -0.05) is 6.92 Å². The zero-order valence-corrected chi connectivity index (χ0v) is 11.0. The van der Waals surface area contributed by atoms with E-state index in [1.165, 1.54) is 0 Å². The highest BCUT2D eigenvalue weighted by atomic mass is 16.5. The molecule has 4 nitrogen and oxygen atoms in total. The normalized spacial score (nSPS) is 27.6. The highest BCUT2D eigenvalue weighted by Crippen LogP contribution is 2.12. The Morgan fingerprint density at radius 1 is 1.44 bits per heavy atom. The van der Waals surface area contributed by atoms with Crippen LogP contribution in [0.1, 0.15) is 20.3 Å². The van der Waals surface area contributed by atoms with Crippen molar-refractivity contribution in [1.29, 1.82) is 0 Å². The van der Waals surface area contributed by atoms with Crippen LogP contribution in [0.2, 0.25) is 0 Å². The smallest absolute Gasteiger partial charge is 0.0711 e. The lowest BCUT2D eigenvalue weighted by atomic mass is 10.1. The number of methoxy groups -OCH3 is 2. The van der Waals surface area contributed by atoms with Crippen molar-refractivity contribution in [2.24, 2.45) is 0 Å². The van der Waals surface area contributed by atoms with Crippen LogP contribution >= 0.6 is 0 Å². The molecule has 0 aromatic heterocycles. The van der Waals surface area contributed by atoms with Gasteiger partial charge in [-0.25, -0.2) is 0 Å². The van der Waals surface area contributed by atoms with E-state index in [0.717, 1.165) is 32.7 Å². The number of likely N-dealkylation sites (N-methyl/N-ethyl adjacent to an activating group) is 1. The molecule has 0 radical (unpaired) electrons. The molecule has 0 aromatic rings. The van der Waals surface area contributed by atoms with Gasteiger partial charge in [-0.05, 0) is 19.9 Å². The Morgan fingerprint density at radius 2 is 2.19 bits per heavy atom. The predicted molar refractivity (Wildman–Crippen MR) is 65.8 cm³/mol. The summed E-state index contributed by atoms with van der Waals surface area (Å²) in [6.45, 7) is 8.36. The summed E-state index contributed by atoms with van der Waals surface area (Å²) in [5, 5.41) is 3.51. The molecule has 3 atom stereocenters. The van der Waals surface area contributed by atoms with Crippen LogP contribution in [0.3, 0.4) is 0 Å². The average Bonchev–Trinajstić information content (AvgIpc) is 2.73. The van der Waals surface area contributed by atoms with Crippen LogP contribution < -0.4 is 5.32 Å². The van der Waals surface area contributed by atoms with E-state index in [1.807, 2.05) is 0 Å². The molecule has 1 fully saturated rings. The maximum atomic E-state index is 5.36. The summed E-state index contributed by atoms with van der Waals surface area (Å²) >= 11 is 0. The van der Waals surface area contributed by atoms with E-state index >= 15 is 0 Å². The molecule has 96 valence electrons. The van der Waals surface area contributed by atoms with E-state index in [4.69, 9.17) is 9.47 Å². The molecule has 0 aromatic carbocycles. The second-order valence-corrected chi connectivity index (χ2v) is 4.59. The average molecular weight is 230 g/mol. The molecular formula is C12H26N2O2. The Labute approximate surface area is 99.3 Å². The molecule has 4 heteroatoms. The third kappa shape index (κ3) is 4.01. The summed E-state index contributed by atoms with van der Waals surface area (Å²) in [5.74, 6) is 0. The van der Waals surface area contributed by atoms with Gasteiger partial charge < -0.3 is 14.8 Å². The molecule has 0 spiro atoms. The Bertz CT molecular complexity index is 190. The van der Waals surface area contributed by atoms with Crippen molar-refractivity contribution in [2.45, 2.75) is 38.5 Å². The van der Waals surface area contributed by atoms with E-state index in [9.17, 15) is 0 Å². The van der Waals surface area contributed by atoms with E-state index in [1.54, 1.807) is 14.2 Å². The standard InChI is InChI=1S/C12H26N2O2/c1-5-14(10(2)9-15-3)8-11-6-12(16-4)7-13-11/h10-13H,5-9H2,1-4H3. The first-order chi connectivity index (χ1) is 7.71. The number of nitrogens with zero attached hydrogens (tertiary/aromatic N) is 1. The van der Waals surface area contributed by atoms with Crippen molar-refractivity contribution in [3.8, 4) is 0 Å². The highest BCUT2D eigenvalue weighted by molar-refractivity contribution is 4.85. The fourth-order valence-corrected chi connectivity index (χ4v) is 2.35. The zero-order valence-electron chi connectivity index (χ0n) is 11.0. The van der Waals surface area contributed by atoms with Gasteiger partial charge in [0.2, 0.25) is 0 Å². The van der Waals surface area contributed by atoms with Crippen molar-refractivity contribution in [3.05, 3.63) is 0 Å². The Kier molecular flexibility index (Phi) is 6.28. The molecule has 0 amide bonds. The molecule has 1 aliphatic rings. The van der Waals surface area contributed by atoms with Crippen LogP contribution in [-0.2, 0) is 9.47 Å². The van der Waals surface area contributed by atoms with Crippen LogP contribution in [0.4, 0.5) is 0 Å². The van der Waals surface area contributed by atoms with Gasteiger partial charge in [-0.15, -0.1) is 0 Å². The first-order valence-electron chi connectivity index (χ1n) is 6.20. The Balaban J connectivity index is 2.33. The lowest BCUT2D eigenvalue weighted by molar-refractivity contribution is 0.0918. The maximum Gasteiger partial charge on any atom is 0.0711 e. The van der Waals surface area contributed by atoms with Crippen LogP contribution in [0.25, 0.3) is 0 Å². The first-order valence-corrected chi connectivity index (χ1v) is 6.20. The molecule has 1 N–H and O–H groups in total. The SMILES string of the molecule is CCN(CC1CC(OC)CN1)C(C)COC. The van der Waals surface area contributed by atoms with Gasteiger partial charge >= 0.3 is 0 Å². The maximum absolute atomic E-state index is 5.36. The van der Waals surface area contributed by atoms with Crippen LogP contribution in [-0.4, -0.2) is 63.5 Å². The molecule has 0 saturated carbocycles. The number of nitrogens with one attached hydrogen (secondary N) is 1. The van der Waals surface area contributed by atoms with Gasteiger partial charge in [0.1, 0.15) is 0 Å². The zero-order chi connectivity index (χ0) is 12.0. The van der Waals surface area contributed by atoms with Gasteiger partial charge in [-0.3, -0.25) is 4.90 Å². The fourth-order valence-electron chi connectivity index (χ4n) is 2.35. The minimum Gasteiger partial charge on any atom is -0.383 e. The number of rotatable bonds is 7. The lowest BCUT2D eigenvalue weighted by Crippen LogP contribution is -2.43. The Hall–Kier alpha value is -0.160. The van der Waals surface area contributed by atoms with Crippen molar-refractivity contribution >= 4 is 0 Å². The van der Waals surface area contributed by atoms with Crippen molar-refractivity contribution < 1.29 is 9.47 Å². The molecule has 1 rings (SSSR count). The quantitative estimate of drug-likeness (QED) is 0.699. The summed E-state index contributed by atoms with van der Waals surface area (Å²) in [7, 11) is 3.55. The first kappa shape index (κ1) is 13.9. The van der Waals surface area contributed by atoms with Gasteiger partial charge in [0.25, 0.3) is 0 Å². The van der Waals surface area contributed by atoms with Crippen molar-refractivity contribution in [3.63, 3.8) is 0 Å². The predicted octanol–water partition coefficient (Wildman–Crippen LogP) is 0.720. The van der Waals surface area contributed by atoms with Crippen LogP contribution in [0.15, 0.2) is 0 Å². The minimum atomic E-state index is 0.390. The monoisotopic (exact) mass is 230 g/mol. The lowest BCUT2D eigenvalue weighted by Gasteiger charge is -2.29. The second-order valence-electron chi connectivity index (χ2n) is 4.59. The van der Waals surface area contributed by atoms with Crippen LogP contribution in [0, 0.1) is 0 Å². The third-order valence-corrected chi connectivity index (χ3v) is 3.41. The number of hydrogen-bond acceptors (Lipinski definition) is 4. The molecular weight excluding hydrogens is 204 g/mol. The summed E-state index contributed by atoms with van der Waals surface area (Å²) in [6, 6.07) is 1.04. The molecule has 16 heavy (non-hydrogen) atoms. The minimum absolute atomic E-state index is 0.390. The number of ether oxygens (including phenoxy) is 2. The summed E-state index contributed by atoms with van der Waals surface area (Å²) in [6.07, 6.45) is 1.51. The van der Waals surface area contributed by atoms with Gasteiger partial charge in [0.15, 0.2) is 0 Å². The van der Waals surface area contributed by atoms with E-state index in [0.29, 0.717) is 18.2 Å². The topological polar surface area (TPSA) is 33.7 Å². The van der Waals surface area contributed by atoms with Crippen molar-refractivity contribution in [1.82, 2.24) is 10.2 Å². The van der Waals surface area contributed by atoms with E-state index < -0.39 is 0 Å². The van der Waals surface area contributed by atoms with E-state index in [-0.39, 0.29) is 0 Å². The summed E-state index contributed by atoms with van der Waals surface area (Å²) in [5.41, 5.74) is 0. The largest absolute Gasteiger partial charge is 0.383 e. The fraction of sp³-hybridized carbons (Fsp3) is 1.00. The van der Waals surface area contributed by atoms with Crippen molar-refractivity contribution in [2.75, 3.05) is 40.5 Å². The van der Waals surface area contributed by atoms with Crippen LogP contribution in [0.5, 0.6) is 0 Å². The highest BCUT2D eigenvalue weighted by Gasteiger charge is 2.26. The molecule has 1 saturated heterocycles. The molecule has 1 heterocycles. The second kappa shape index (κ2) is 7.22. The summed E-state index contributed by atoms with van der Waals surface area (Å²) in [4.78, 5) is 2.46. The summed E-state index contributed by atoms with van der Waals surface area (Å²) < 4.78 is 10.6. The third-order valence-electron chi connectivity index (χ3n) is 3.41. The van der Waals surface area contributed by atoms with Gasteiger partial charge in [0, 0.05) is 39.4 Å². The molecule has 0 aliphatic carbocycles. The molecule has 0 bridgehead atoms. The molecule has 1 aliphatic heterocycles. The van der Waals surface area contributed by atoms with E-state index in [2.05, 4.69) is 24.1 Å². The molecule has 3 unspecified atom stereocenters.